The quantitative estimate of drug-likeness (QED) is 0.423. The van der Waals surface area contributed by atoms with Gasteiger partial charge in [0, 0.05) is 25.0 Å². The van der Waals surface area contributed by atoms with E-state index in [9.17, 15) is 4.79 Å². The van der Waals surface area contributed by atoms with Crippen LogP contribution in [0.5, 0.6) is 0 Å². The second kappa shape index (κ2) is 11.1. The standard InChI is InChI=1S/C19H23N5OS/c20-19(25)16-8-4-5-9-18(23-14-22-12-16)24-17(13-21-10-11-26)15-6-2-1-3-7-15/h1-9,12,14,17,21,26H,10-11,13H2,(H2,20,25)(H,22,23,24)/t17-/m1/s1. The molecule has 1 aromatic heterocycles. The second-order valence-electron chi connectivity index (χ2n) is 5.48. The highest BCUT2D eigenvalue weighted by Gasteiger charge is 2.10. The van der Waals surface area contributed by atoms with Crippen LogP contribution in [0.1, 0.15) is 22.0 Å². The summed E-state index contributed by atoms with van der Waals surface area (Å²) in [4.78, 5) is 19.6. The summed E-state index contributed by atoms with van der Waals surface area (Å²) in [5.41, 5.74) is 6.74. The highest BCUT2D eigenvalue weighted by molar-refractivity contribution is 7.80. The van der Waals surface area contributed by atoms with Crippen LogP contribution in [0.2, 0.25) is 0 Å². The van der Waals surface area contributed by atoms with Crippen molar-refractivity contribution in [2.24, 2.45) is 5.73 Å². The van der Waals surface area contributed by atoms with E-state index in [1.165, 1.54) is 12.5 Å². The Morgan fingerprint density at radius 2 is 1.85 bits per heavy atom. The molecule has 0 aliphatic heterocycles. The molecule has 0 aliphatic rings. The topological polar surface area (TPSA) is 92.9 Å². The number of hydrogen-bond acceptors (Lipinski definition) is 6. The van der Waals surface area contributed by atoms with Crippen LogP contribution >= 0.6 is 12.6 Å². The van der Waals surface area contributed by atoms with E-state index in [0.29, 0.717) is 11.4 Å². The molecule has 0 bridgehead atoms. The van der Waals surface area contributed by atoms with Gasteiger partial charge in [-0.15, -0.1) is 0 Å². The lowest BCUT2D eigenvalue weighted by Crippen LogP contribution is -2.28. The van der Waals surface area contributed by atoms with Gasteiger partial charge in [0.1, 0.15) is 12.1 Å². The molecule has 0 saturated heterocycles. The molecule has 0 aliphatic carbocycles. The van der Waals surface area contributed by atoms with Crippen LogP contribution in [-0.2, 0) is 0 Å². The number of nitrogens with two attached hydrogens (primary N) is 1. The van der Waals surface area contributed by atoms with Crippen molar-refractivity contribution in [1.82, 2.24) is 15.3 Å². The average molecular weight is 369 g/mol. The van der Waals surface area contributed by atoms with Crippen molar-refractivity contribution in [3.63, 3.8) is 0 Å². The maximum Gasteiger partial charge on any atom is 0.250 e. The molecular formula is C19H23N5OS. The number of primary amides is 1. The van der Waals surface area contributed by atoms with E-state index in [1.807, 2.05) is 24.3 Å². The largest absolute Gasteiger partial charge is 0.366 e. The molecule has 2 aromatic rings. The maximum atomic E-state index is 11.3. The molecule has 0 fully saturated rings. The van der Waals surface area contributed by atoms with Gasteiger partial charge in [0.05, 0.1) is 11.6 Å². The third-order valence-corrected chi connectivity index (χ3v) is 3.79. The lowest BCUT2D eigenvalue weighted by atomic mass is 10.1. The normalized spacial score (nSPS) is 11.3. The Labute approximate surface area is 159 Å². The summed E-state index contributed by atoms with van der Waals surface area (Å²) in [6.07, 6.45) is 2.78. The molecule has 0 spiro atoms. The van der Waals surface area contributed by atoms with Crippen LogP contribution in [0.4, 0.5) is 5.82 Å². The highest BCUT2D eigenvalue weighted by atomic mass is 32.1. The Morgan fingerprint density at radius 3 is 2.58 bits per heavy atom. The van der Waals surface area contributed by atoms with Crippen molar-refractivity contribution in [3.05, 3.63) is 78.2 Å². The molecule has 0 unspecified atom stereocenters. The summed E-state index contributed by atoms with van der Waals surface area (Å²) in [6, 6.07) is 17.1. The third-order valence-electron chi connectivity index (χ3n) is 3.56. The van der Waals surface area contributed by atoms with Crippen molar-refractivity contribution in [2.75, 3.05) is 24.2 Å². The first-order chi connectivity index (χ1) is 12.7. The van der Waals surface area contributed by atoms with Gasteiger partial charge in [-0.3, -0.25) is 4.79 Å². The Kier molecular flexibility index (Phi) is 8.38. The second-order valence-corrected chi connectivity index (χ2v) is 5.93. The van der Waals surface area contributed by atoms with Crippen LogP contribution in [0.15, 0.2) is 67.1 Å². The zero-order chi connectivity index (χ0) is 18.6. The molecule has 1 atom stereocenters. The lowest BCUT2D eigenvalue weighted by Gasteiger charge is -2.20. The van der Waals surface area contributed by atoms with Gasteiger partial charge in [0.25, 0.3) is 0 Å². The first-order valence-electron chi connectivity index (χ1n) is 8.28. The molecule has 26 heavy (non-hydrogen) atoms. The predicted molar refractivity (Wildman–Crippen MR) is 108 cm³/mol. The van der Waals surface area contributed by atoms with Crippen LogP contribution < -0.4 is 16.4 Å². The number of rotatable bonds is 8. The number of amides is 1. The molecule has 7 heteroatoms. The maximum absolute atomic E-state index is 11.3. The van der Waals surface area contributed by atoms with Crippen LogP contribution in [-0.4, -0.2) is 34.7 Å². The minimum atomic E-state index is -0.533. The molecule has 1 aromatic carbocycles. The number of carbonyl (C=O) groups excluding carboxylic acids is 1. The van der Waals surface area contributed by atoms with Crippen LogP contribution in [0.3, 0.4) is 0 Å². The number of nitrogens with one attached hydrogen (secondary N) is 2. The number of hydrogen-bond donors (Lipinski definition) is 4. The summed E-state index contributed by atoms with van der Waals surface area (Å²) < 4.78 is 0. The molecule has 1 amide bonds. The van der Waals surface area contributed by atoms with Crippen molar-refractivity contribution in [3.8, 4) is 0 Å². The van der Waals surface area contributed by atoms with Crippen molar-refractivity contribution < 1.29 is 4.79 Å². The van der Waals surface area contributed by atoms with E-state index in [-0.39, 0.29) is 6.04 Å². The fourth-order valence-corrected chi connectivity index (χ4v) is 2.43. The molecule has 4 N–H and O–H groups in total. The Bertz CT molecular complexity index is 728. The minimum Gasteiger partial charge on any atom is -0.366 e. The van der Waals surface area contributed by atoms with E-state index in [4.69, 9.17) is 5.73 Å². The molecule has 1 heterocycles. The number of thiol groups is 1. The summed E-state index contributed by atoms with van der Waals surface area (Å²) in [7, 11) is 0. The summed E-state index contributed by atoms with van der Waals surface area (Å²) >= 11 is 4.23. The van der Waals surface area contributed by atoms with Gasteiger partial charge in [-0.1, -0.05) is 42.5 Å². The number of carbonyl (C=O) groups is 1. The first kappa shape index (κ1) is 19.7. The van der Waals surface area contributed by atoms with Gasteiger partial charge >= 0.3 is 0 Å². The zero-order valence-electron chi connectivity index (χ0n) is 14.4. The van der Waals surface area contributed by atoms with Crippen molar-refractivity contribution in [1.29, 1.82) is 0 Å². The predicted octanol–water partition coefficient (Wildman–Crippen LogP) is 2.37. The molecule has 6 nitrogen and oxygen atoms in total. The lowest BCUT2D eigenvalue weighted by molar-refractivity contribution is 0.1000. The Hall–Kier alpha value is -2.64. The summed E-state index contributed by atoms with van der Waals surface area (Å²) in [5.74, 6) is 0.902. The number of nitrogens with zero attached hydrogens (tertiary/aromatic N) is 2. The fourth-order valence-electron chi connectivity index (χ4n) is 2.27. The first-order valence-corrected chi connectivity index (χ1v) is 8.91. The third kappa shape index (κ3) is 6.70. The molecule has 136 valence electrons. The van der Waals surface area contributed by atoms with Crippen molar-refractivity contribution >= 4 is 24.4 Å². The smallest absolute Gasteiger partial charge is 0.250 e. The monoisotopic (exact) mass is 369 g/mol. The SMILES string of the molecule is NC(=O)c1ccccc(N[C@H](CNCCS)c2ccccc2)ncnc1. The van der Waals surface area contributed by atoms with E-state index in [0.717, 1.165) is 24.4 Å². The van der Waals surface area contributed by atoms with Gasteiger partial charge in [-0.25, -0.2) is 9.97 Å². The van der Waals surface area contributed by atoms with Gasteiger partial charge in [-0.05, 0) is 17.7 Å². The van der Waals surface area contributed by atoms with Gasteiger partial charge < -0.3 is 16.4 Å². The molecule has 0 saturated carbocycles. The van der Waals surface area contributed by atoms with Crippen LogP contribution in [0, 0.1) is 0 Å². The zero-order valence-corrected chi connectivity index (χ0v) is 15.3. The van der Waals surface area contributed by atoms with Gasteiger partial charge in [-0.2, -0.15) is 12.6 Å². The molecule has 2 rings (SSSR count). The van der Waals surface area contributed by atoms with Crippen molar-refractivity contribution in [2.45, 2.75) is 6.04 Å². The molecule has 0 radical (unpaired) electrons. The number of anilines is 1. The van der Waals surface area contributed by atoms with E-state index < -0.39 is 5.91 Å². The van der Waals surface area contributed by atoms with E-state index >= 15 is 0 Å². The highest BCUT2D eigenvalue weighted by Crippen LogP contribution is 2.16. The number of aromatic nitrogens is 2. The summed E-state index contributed by atoms with van der Waals surface area (Å²) in [5, 5.41) is 6.78. The van der Waals surface area contributed by atoms with Crippen LogP contribution in [0.25, 0.3) is 0 Å². The Balaban J connectivity index is 2.24. The fraction of sp³-hybridized carbons (Fsp3) is 0.211. The van der Waals surface area contributed by atoms with E-state index in [1.54, 1.807) is 18.2 Å². The summed E-state index contributed by atoms with van der Waals surface area (Å²) in [6.45, 7) is 1.55. The average Bonchev–Trinajstić information content (AvgIpc) is 2.66. The van der Waals surface area contributed by atoms with Gasteiger partial charge in [0.2, 0.25) is 5.91 Å². The molecular weight excluding hydrogens is 346 g/mol. The van der Waals surface area contributed by atoms with E-state index in [2.05, 4.69) is 45.4 Å². The minimum absolute atomic E-state index is 0.0385. The van der Waals surface area contributed by atoms with Gasteiger partial charge in [0.15, 0.2) is 0 Å². The Morgan fingerprint density at radius 1 is 1.12 bits per heavy atom. The number of benzene rings is 1.